The third kappa shape index (κ3) is 6.89. The first kappa shape index (κ1) is 30.1. The number of aromatic nitrogens is 4. The Kier molecular flexibility index (Phi) is 8.46. The fourth-order valence-corrected chi connectivity index (χ4v) is 5.18. The second kappa shape index (κ2) is 11.5. The molecule has 0 spiro atoms. The van der Waals surface area contributed by atoms with Gasteiger partial charge < -0.3 is 14.9 Å². The molecule has 0 fully saturated rings. The number of ether oxygens (including phenoxy) is 1. The van der Waals surface area contributed by atoms with Crippen LogP contribution in [-0.2, 0) is 21.1 Å². The van der Waals surface area contributed by atoms with Crippen LogP contribution in [0.3, 0.4) is 0 Å². The molecule has 0 aliphatic rings. The molecule has 0 bridgehead atoms. The highest BCUT2D eigenvalue weighted by atomic mass is 32.2. The van der Waals surface area contributed by atoms with Gasteiger partial charge in [-0.05, 0) is 80.3 Å². The van der Waals surface area contributed by atoms with Gasteiger partial charge in [0.15, 0.2) is 21.3 Å². The summed E-state index contributed by atoms with van der Waals surface area (Å²) in [5.41, 5.74) is 9.31. The van der Waals surface area contributed by atoms with Gasteiger partial charge in [-0.2, -0.15) is 0 Å². The Morgan fingerprint density at radius 1 is 1.10 bits per heavy atom. The van der Waals surface area contributed by atoms with E-state index in [-0.39, 0.29) is 28.2 Å². The zero-order valence-electron chi connectivity index (χ0n) is 23.7. The number of hydrogen-bond donors (Lipinski definition) is 1. The van der Waals surface area contributed by atoms with Crippen LogP contribution in [0.2, 0.25) is 0 Å². The summed E-state index contributed by atoms with van der Waals surface area (Å²) >= 11 is 0. The number of nitrogens with two attached hydrogens (primary N) is 1. The molecule has 0 aliphatic heterocycles. The molecule has 2 aromatic carbocycles. The molecule has 2 aromatic heterocycles. The lowest BCUT2D eigenvalue weighted by Crippen LogP contribution is -2.30. The summed E-state index contributed by atoms with van der Waals surface area (Å²) in [6.07, 6.45) is 1.06. The van der Waals surface area contributed by atoms with Crippen LogP contribution in [0, 0.1) is 6.92 Å². The van der Waals surface area contributed by atoms with E-state index < -0.39 is 26.8 Å². The average molecular weight is 597 g/mol. The van der Waals surface area contributed by atoms with Crippen LogP contribution in [0.4, 0.5) is 10.6 Å². The highest BCUT2D eigenvalue weighted by Crippen LogP contribution is 2.30. The Morgan fingerprint density at radius 3 is 2.37 bits per heavy atom. The van der Waals surface area contributed by atoms with Crippen LogP contribution in [0.5, 0.6) is 0 Å². The van der Waals surface area contributed by atoms with E-state index in [1.54, 1.807) is 38.1 Å². The van der Waals surface area contributed by atoms with Crippen LogP contribution in [-0.4, -0.2) is 50.2 Å². The maximum atomic E-state index is 12.5. The normalized spacial score (nSPS) is 12.0. The number of carbonyl (C=O) groups is 1. The zero-order valence-corrected chi connectivity index (χ0v) is 25.7. The number of nitrogen functional groups attached to an aromatic ring is 1. The minimum atomic E-state index is -3.39. The van der Waals surface area contributed by atoms with Crippen molar-refractivity contribution in [2.75, 3.05) is 5.73 Å². The largest absolute Gasteiger partial charge is 0.444 e. The number of benzene rings is 2. The van der Waals surface area contributed by atoms with Crippen molar-refractivity contribution in [2.45, 2.75) is 63.8 Å². The number of carbonyl (C=O) groups excluding carboxylic acids is 1. The first-order chi connectivity index (χ1) is 19.2. The quantitative estimate of drug-likeness (QED) is 0.272. The molecule has 2 N–H and O–H groups in total. The third-order valence-corrected chi connectivity index (χ3v) is 8.59. The Labute approximate surface area is 241 Å². The van der Waals surface area contributed by atoms with Crippen LogP contribution in [0.1, 0.15) is 45.7 Å². The van der Waals surface area contributed by atoms with Crippen molar-refractivity contribution in [3.63, 3.8) is 0 Å². The fourth-order valence-electron chi connectivity index (χ4n) is 3.86. The first-order valence-corrected chi connectivity index (χ1v) is 14.9. The van der Waals surface area contributed by atoms with Gasteiger partial charge >= 0.3 is 6.09 Å². The third-order valence-electron chi connectivity index (χ3n) is 6.03. The Morgan fingerprint density at radius 2 is 1.76 bits per heavy atom. The molecule has 2 heterocycles. The lowest BCUT2D eigenvalue weighted by atomic mass is 10.1. The molecule has 1 unspecified atom stereocenters. The van der Waals surface area contributed by atoms with Gasteiger partial charge in [0.1, 0.15) is 5.60 Å². The average Bonchev–Trinajstić information content (AvgIpc) is 3.37. The molecular weight excluding hydrogens is 563 g/mol. The summed E-state index contributed by atoms with van der Waals surface area (Å²) in [5.74, 6) is 0.474. The Hall–Kier alpha value is -3.89. The summed E-state index contributed by atoms with van der Waals surface area (Å²) in [4.78, 5) is 21.3. The predicted molar refractivity (Wildman–Crippen MR) is 159 cm³/mol. The Bertz CT molecular complexity index is 1680. The minimum absolute atomic E-state index is 0.0930. The summed E-state index contributed by atoms with van der Waals surface area (Å²) in [7, 11) is -1.01. The minimum Gasteiger partial charge on any atom is -0.444 e. The fraction of sp³-hybridized carbons (Fsp3) is 0.321. The monoisotopic (exact) mass is 596 g/mol. The van der Waals surface area contributed by atoms with E-state index >= 15 is 0 Å². The second-order valence-corrected chi connectivity index (χ2v) is 13.9. The lowest BCUT2D eigenvalue weighted by molar-refractivity contribution is 0.0394. The maximum Gasteiger partial charge on any atom is 0.413 e. The lowest BCUT2D eigenvalue weighted by Gasteiger charge is -2.24. The van der Waals surface area contributed by atoms with E-state index in [1.807, 2.05) is 45.9 Å². The first-order valence-electron chi connectivity index (χ1n) is 12.8. The zero-order chi connectivity index (χ0) is 30.1. The van der Waals surface area contributed by atoms with E-state index in [0.717, 1.165) is 11.1 Å². The van der Waals surface area contributed by atoms with Crippen molar-refractivity contribution >= 4 is 31.1 Å². The topological polar surface area (TPSA) is 154 Å². The smallest absolute Gasteiger partial charge is 0.413 e. The van der Waals surface area contributed by atoms with Crippen LogP contribution in [0.15, 0.2) is 58.0 Å². The maximum absolute atomic E-state index is 12.5. The van der Waals surface area contributed by atoms with Crippen LogP contribution >= 0.6 is 9.39 Å². The molecule has 0 saturated carbocycles. The number of aryl methyl sites for hydroxylation is 1. The van der Waals surface area contributed by atoms with Crippen molar-refractivity contribution in [2.24, 2.45) is 0 Å². The molecule has 4 aromatic rings. The van der Waals surface area contributed by atoms with Gasteiger partial charge in [-0.15, -0.1) is 10.2 Å². The highest BCUT2D eigenvalue weighted by Gasteiger charge is 2.22. The number of hydrogen-bond acceptors (Lipinski definition) is 10. The number of nitrogens with zero attached hydrogens (tertiary/aromatic N) is 5. The molecular formula is C28H33N6O5PS. The van der Waals surface area contributed by atoms with E-state index in [9.17, 15) is 13.2 Å². The molecule has 1 atom stereocenters. The molecule has 41 heavy (non-hydrogen) atoms. The molecule has 11 nitrogen and oxygen atoms in total. The molecule has 0 radical (unpaired) electrons. The summed E-state index contributed by atoms with van der Waals surface area (Å²) in [6, 6.07) is 12.1. The molecule has 0 aliphatic carbocycles. The van der Waals surface area contributed by atoms with E-state index in [0.29, 0.717) is 23.4 Å². The number of rotatable bonds is 7. The standard InChI is InChI=1S/C28H33N6O5PS/c1-16(2)41(36,37)20-10-8-19(9-11-20)22-14-30-24(29)23(31-22)26-33-32-25(38-26)21-12-7-18(13-17(21)3)15-34(40)27(35)39-28(4,5)6/h7-14,16H,15,40H2,1-6H3,(H2,29,30). The van der Waals surface area contributed by atoms with E-state index in [2.05, 4.69) is 29.6 Å². The summed E-state index contributed by atoms with van der Waals surface area (Å²) < 4.78 is 37.7. The molecule has 1 amide bonds. The molecule has 4 rings (SSSR count). The van der Waals surface area contributed by atoms with E-state index in [1.165, 1.54) is 10.9 Å². The SMILES string of the molecule is Cc1cc(CN(P)C(=O)OC(C)(C)C)ccc1-c1nnc(-c2nc(-c3ccc(S(=O)(=O)C(C)C)cc3)cnc2N)o1. The van der Waals surface area contributed by atoms with Gasteiger partial charge in [0, 0.05) is 11.1 Å². The summed E-state index contributed by atoms with van der Waals surface area (Å²) in [6.45, 7) is 11.0. The highest BCUT2D eigenvalue weighted by molar-refractivity contribution is 7.92. The number of amides is 1. The number of sulfone groups is 1. The van der Waals surface area contributed by atoms with Gasteiger partial charge in [0.2, 0.25) is 5.89 Å². The summed E-state index contributed by atoms with van der Waals surface area (Å²) in [5, 5.41) is 7.80. The molecule has 13 heteroatoms. The van der Waals surface area contributed by atoms with Gasteiger partial charge in [-0.3, -0.25) is 4.67 Å². The van der Waals surface area contributed by atoms with Gasteiger partial charge in [-0.25, -0.2) is 23.2 Å². The predicted octanol–water partition coefficient (Wildman–Crippen LogP) is 5.46. The molecule has 0 saturated heterocycles. The van der Waals surface area contributed by atoms with Gasteiger partial charge in [0.25, 0.3) is 5.89 Å². The van der Waals surface area contributed by atoms with Crippen LogP contribution < -0.4 is 5.73 Å². The van der Waals surface area contributed by atoms with Crippen molar-refractivity contribution in [3.8, 4) is 34.3 Å². The van der Waals surface area contributed by atoms with Gasteiger partial charge in [0.05, 0.1) is 28.6 Å². The van der Waals surface area contributed by atoms with Crippen molar-refractivity contribution in [3.05, 3.63) is 59.8 Å². The Balaban J connectivity index is 1.56. The van der Waals surface area contributed by atoms with Crippen molar-refractivity contribution < 1.29 is 22.4 Å². The van der Waals surface area contributed by atoms with Crippen molar-refractivity contribution in [1.82, 2.24) is 24.8 Å². The van der Waals surface area contributed by atoms with E-state index in [4.69, 9.17) is 14.9 Å². The molecule has 216 valence electrons. The van der Waals surface area contributed by atoms with Crippen molar-refractivity contribution in [1.29, 1.82) is 0 Å². The van der Waals surface area contributed by atoms with Crippen LogP contribution in [0.25, 0.3) is 34.3 Å². The second-order valence-electron chi connectivity index (χ2n) is 10.8. The number of anilines is 1. The van der Waals surface area contributed by atoms with Gasteiger partial charge in [-0.1, -0.05) is 24.3 Å².